The first kappa shape index (κ1) is 15.2. The van der Waals surface area contributed by atoms with E-state index in [0.717, 1.165) is 37.2 Å². The van der Waals surface area contributed by atoms with Crippen LogP contribution < -0.4 is 0 Å². The second kappa shape index (κ2) is 6.21. The number of carbonyl (C=O) groups is 1. The molecule has 0 atom stereocenters. The zero-order chi connectivity index (χ0) is 15.7. The fourth-order valence-electron chi connectivity index (χ4n) is 2.88. The van der Waals surface area contributed by atoms with Gasteiger partial charge in [0.1, 0.15) is 0 Å². The maximum Gasteiger partial charge on any atom is 0.253 e. The Hall–Kier alpha value is -1.68. The Balaban J connectivity index is 1.64. The highest BCUT2D eigenvalue weighted by atomic mass is 32.1. The molecular weight excluding hydrogens is 292 g/mol. The van der Waals surface area contributed by atoms with E-state index < -0.39 is 0 Å². The summed E-state index contributed by atoms with van der Waals surface area (Å²) in [6, 6.07) is 7.86. The number of amides is 1. The maximum absolute atomic E-state index is 12.5. The molecule has 1 aromatic carbocycles. The largest absolute Gasteiger partial charge is 0.339 e. The highest BCUT2D eigenvalue weighted by Crippen LogP contribution is 2.32. The van der Waals surface area contributed by atoms with Gasteiger partial charge in [0.2, 0.25) is 0 Å². The first-order valence-corrected chi connectivity index (χ1v) is 8.66. The van der Waals surface area contributed by atoms with Crippen molar-refractivity contribution in [2.75, 3.05) is 13.1 Å². The molecule has 22 heavy (non-hydrogen) atoms. The van der Waals surface area contributed by atoms with Gasteiger partial charge < -0.3 is 4.90 Å². The number of hydrogen-bond acceptors (Lipinski definition) is 3. The number of hydrogen-bond donors (Lipinski definition) is 0. The lowest BCUT2D eigenvalue weighted by molar-refractivity contribution is 0.0713. The van der Waals surface area contributed by atoms with Crippen molar-refractivity contribution in [2.24, 2.45) is 0 Å². The third kappa shape index (κ3) is 3.07. The number of carbonyl (C=O) groups excluding carboxylic acids is 1. The smallest absolute Gasteiger partial charge is 0.253 e. The molecule has 0 spiro atoms. The number of piperidine rings is 1. The zero-order valence-electron chi connectivity index (χ0n) is 13.4. The molecule has 1 aliphatic heterocycles. The van der Waals surface area contributed by atoms with E-state index >= 15 is 0 Å². The lowest BCUT2D eigenvalue weighted by atomic mass is 9.97. The second-order valence-electron chi connectivity index (χ2n) is 6.13. The van der Waals surface area contributed by atoms with E-state index in [1.807, 2.05) is 47.4 Å². The summed E-state index contributed by atoms with van der Waals surface area (Å²) in [6.07, 6.45) is 2.04. The van der Waals surface area contributed by atoms with Gasteiger partial charge in [0.05, 0.1) is 10.7 Å². The molecule has 0 unspecified atom stereocenters. The molecule has 1 aliphatic rings. The van der Waals surface area contributed by atoms with Gasteiger partial charge in [-0.3, -0.25) is 4.79 Å². The van der Waals surface area contributed by atoms with E-state index in [1.165, 1.54) is 15.4 Å². The summed E-state index contributed by atoms with van der Waals surface area (Å²) in [5, 5.41) is 1.25. The molecule has 1 fully saturated rings. The van der Waals surface area contributed by atoms with Gasteiger partial charge in [-0.1, -0.05) is 17.7 Å². The van der Waals surface area contributed by atoms with Gasteiger partial charge >= 0.3 is 0 Å². The van der Waals surface area contributed by atoms with Crippen LogP contribution in [0.1, 0.15) is 50.3 Å². The summed E-state index contributed by atoms with van der Waals surface area (Å²) in [4.78, 5) is 20.5. The summed E-state index contributed by atoms with van der Waals surface area (Å²) in [6.45, 7) is 7.90. The third-order valence-electron chi connectivity index (χ3n) is 4.47. The van der Waals surface area contributed by atoms with Crippen LogP contribution in [-0.4, -0.2) is 28.9 Å². The van der Waals surface area contributed by atoms with Crippen molar-refractivity contribution in [2.45, 2.75) is 39.5 Å². The van der Waals surface area contributed by atoms with Crippen LogP contribution in [0.3, 0.4) is 0 Å². The number of benzene rings is 1. The Kier molecular flexibility index (Phi) is 4.30. The highest BCUT2D eigenvalue weighted by Gasteiger charge is 2.26. The molecule has 1 aromatic heterocycles. The average Bonchev–Trinajstić information content (AvgIpc) is 2.87. The monoisotopic (exact) mass is 314 g/mol. The Morgan fingerprint density at radius 1 is 1.14 bits per heavy atom. The van der Waals surface area contributed by atoms with Crippen molar-refractivity contribution >= 4 is 17.2 Å². The number of aryl methyl sites for hydroxylation is 3. The van der Waals surface area contributed by atoms with Crippen LogP contribution in [0, 0.1) is 20.8 Å². The van der Waals surface area contributed by atoms with Crippen molar-refractivity contribution in [1.29, 1.82) is 0 Å². The predicted molar refractivity (Wildman–Crippen MR) is 90.6 cm³/mol. The number of thiazole rings is 1. The van der Waals surface area contributed by atoms with E-state index in [1.54, 1.807) is 0 Å². The minimum atomic E-state index is 0.157. The molecule has 0 radical (unpaired) electrons. The third-order valence-corrected chi connectivity index (χ3v) is 5.71. The predicted octanol–water partition coefficient (Wildman–Crippen LogP) is 4.09. The van der Waals surface area contributed by atoms with Gasteiger partial charge in [-0.05, 0) is 45.7 Å². The molecule has 0 aliphatic carbocycles. The second-order valence-corrected chi connectivity index (χ2v) is 7.36. The Bertz CT molecular complexity index is 647. The number of rotatable bonds is 2. The lowest BCUT2D eigenvalue weighted by Gasteiger charge is -2.31. The molecule has 4 heteroatoms. The fourth-order valence-corrected chi connectivity index (χ4v) is 3.97. The number of aromatic nitrogens is 1. The molecule has 1 saturated heterocycles. The normalized spacial score (nSPS) is 16.0. The van der Waals surface area contributed by atoms with E-state index in [9.17, 15) is 4.79 Å². The Labute approximate surface area is 136 Å². The summed E-state index contributed by atoms with van der Waals surface area (Å²) in [7, 11) is 0. The molecule has 3 nitrogen and oxygen atoms in total. The quantitative estimate of drug-likeness (QED) is 0.836. The van der Waals surface area contributed by atoms with Crippen LogP contribution in [0.2, 0.25) is 0 Å². The molecule has 3 rings (SSSR count). The molecule has 2 aromatic rings. The molecule has 0 N–H and O–H groups in total. The summed E-state index contributed by atoms with van der Waals surface area (Å²) < 4.78 is 0. The first-order valence-electron chi connectivity index (χ1n) is 7.84. The lowest BCUT2D eigenvalue weighted by Crippen LogP contribution is -2.37. The van der Waals surface area contributed by atoms with Gasteiger partial charge in [-0.25, -0.2) is 4.98 Å². The van der Waals surface area contributed by atoms with Crippen LogP contribution >= 0.6 is 11.3 Å². The topological polar surface area (TPSA) is 33.2 Å². The van der Waals surface area contributed by atoms with Crippen LogP contribution in [0.4, 0.5) is 0 Å². The van der Waals surface area contributed by atoms with Crippen LogP contribution in [0.25, 0.3) is 0 Å². The van der Waals surface area contributed by atoms with Crippen LogP contribution in [0.15, 0.2) is 24.3 Å². The van der Waals surface area contributed by atoms with E-state index in [4.69, 9.17) is 0 Å². The zero-order valence-corrected chi connectivity index (χ0v) is 14.2. The summed E-state index contributed by atoms with van der Waals surface area (Å²) >= 11 is 1.81. The van der Waals surface area contributed by atoms with Crippen molar-refractivity contribution in [3.8, 4) is 0 Å². The van der Waals surface area contributed by atoms with Crippen molar-refractivity contribution in [1.82, 2.24) is 9.88 Å². The Morgan fingerprint density at radius 3 is 2.32 bits per heavy atom. The Morgan fingerprint density at radius 2 is 1.77 bits per heavy atom. The van der Waals surface area contributed by atoms with E-state index in [2.05, 4.69) is 18.8 Å². The van der Waals surface area contributed by atoms with Crippen LogP contribution in [-0.2, 0) is 0 Å². The molecule has 1 amide bonds. The van der Waals surface area contributed by atoms with Gasteiger partial charge in [-0.2, -0.15) is 0 Å². The summed E-state index contributed by atoms with van der Waals surface area (Å²) in [5.74, 6) is 0.671. The van der Waals surface area contributed by atoms with Crippen molar-refractivity contribution < 1.29 is 4.79 Å². The summed E-state index contributed by atoms with van der Waals surface area (Å²) in [5.41, 5.74) is 3.13. The van der Waals surface area contributed by atoms with Gasteiger partial charge in [0.15, 0.2) is 0 Å². The number of likely N-dealkylation sites (tertiary alicyclic amines) is 1. The SMILES string of the molecule is Cc1ccc(C(=O)N2CCC(c3nc(C)c(C)s3)CC2)cc1. The van der Waals surface area contributed by atoms with Gasteiger partial charge in [-0.15, -0.1) is 11.3 Å². The van der Waals surface area contributed by atoms with Crippen molar-refractivity contribution in [3.05, 3.63) is 51.0 Å². The minimum absolute atomic E-state index is 0.157. The first-order chi connectivity index (χ1) is 10.5. The van der Waals surface area contributed by atoms with Crippen LogP contribution in [0.5, 0.6) is 0 Å². The molecule has 0 saturated carbocycles. The molecule has 116 valence electrons. The van der Waals surface area contributed by atoms with E-state index in [0.29, 0.717) is 5.92 Å². The van der Waals surface area contributed by atoms with Gasteiger partial charge in [0.25, 0.3) is 5.91 Å². The maximum atomic E-state index is 12.5. The average molecular weight is 314 g/mol. The molecule has 0 bridgehead atoms. The molecule has 2 heterocycles. The molecular formula is C18H22N2OS. The van der Waals surface area contributed by atoms with Gasteiger partial charge in [0, 0.05) is 29.4 Å². The van der Waals surface area contributed by atoms with E-state index in [-0.39, 0.29) is 5.91 Å². The fraction of sp³-hybridized carbons (Fsp3) is 0.444. The number of nitrogens with zero attached hydrogens (tertiary/aromatic N) is 2. The van der Waals surface area contributed by atoms with Crippen molar-refractivity contribution in [3.63, 3.8) is 0 Å². The highest BCUT2D eigenvalue weighted by molar-refractivity contribution is 7.11. The standard InChI is InChI=1S/C18H22N2OS/c1-12-4-6-16(7-5-12)18(21)20-10-8-15(9-11-20)17-19-13(2)14(3)22-17/h4-7,15H,8-11H2,1-3H3. The minimum Gasteiger partial charge on any atom is -0.339 e.